The van der Waals surface area contributed by atoms with Gasteiger partial charge in [-0.15, -0.1) is 0 Å². The number of aryl methyl sites for hydroxylation is 1. The van der Waals surface area contributed by atoms with Crippen molar-refractivity contribution >= 4 is 23.3 Å². The highest BCUT2D eigenvalue weighted by atomic mass is 19.1. The number of anilines is 2. The average molecular weight is 330 g/mol. The first-order valence-corrected chi connectivity index (χ1v) is 7.54. The Labute approximate surface area is 139 Å². The van der Waals surface area contributed by atoms with E-state index < -0.39 is 11.8 Å². The lowest BCUT2D eigenvalue weighted by atomic mass is 10.1. The van der Waals surface area contributed by atoms with Crippen LogP contribution in [0.3, 0.4) is 0 Å². The fraction of sp³-hybridized carbons (Fsp3) is 0.222. The van der Waals surface area contributed by atoms with Crippen molar-refractivity contribution in [3.8, 4) is 0 Å². The number of ether oxygens (including phenoxy) is 1. The van der Waals surface area contributed by atoms with Crippen molar-refractivity contribution in [1.82, 2.24) is 0 Å². The van der Waals surface area contributed by atoms with Crippen LogP contribution < -0.4 is 10.6 Å². The van der Waals surface area contributed by atoms with Crippen molar-refractivity contribution in [3.05, 3.63) is 59.4 Å². The minimum atomic E-state index is -0.570. The van der Waals surface area contributed by atoms with E-state index in [2.05, 4.69) is 15.4 Å². The molecule has 0 unspecified atom stereocenters. The van der Waals surface area contributed by atoms with Crippen molar-refractivity contribution in [2.75, 3.05) is 24.3 Å². The van der Waals surface area contributed by atoms with Crippen molar-refractivity contribution in [2.24, 2.45) is 0 Å². The number of nitrogens with one attached hydrogen (secondary N) is 2. The smallest absolute Gasteiger partial charge is 0.337 e. The van der Waals surface area contributed by atoms with Crippen LogP contribution in [0.25, 0.3) is 0 Å². The Balaban J connectivity index is 1.99. The summed E-state index contributed by atoms with van der Waals surface area (Å²) in [6.45, 7) is 1.90. The molecule has 1 amide bonds. The molecule has 0 aromatic heterocycles. The third-order valence-corrected chi connectivity index (χ3v) is 3.45. The van der Waals surface area contributed by atoms with Crippen molar-refractivity contribution in [1.29, 1.82) is 0 Å². The van der Waals surface area contributed by atoms with Gasteiger partial charge in [0.25, 0.3) is 0 Å². The molecule has 0 saturated carbocycles. The zero-order valence-corrected chi connectivity index (χ0v) is 13.6. The molecule has 2 N–H and O–H groups in total. The largest absolute Gasteiger partial charge is 0.465 e. The molecule has 0 bridgehead atoms. The maximum Gasteiger partial charge on any atom is 0.337 e. The Hall–Kier alpha value is -2.89. The van der Waals surface area contributed by atoms with Gasteiger partial charge in [-0.25, -0.2) is 9.18 Å². The van der Waals surface area contributed by atoms with Crippen LogP contribution >= 0.6 is 0 Å². The number of hydrogen-bond donors (Lipinski definition) is 2. The topological polar surface area (TPSA) is 67.4 Å². The van der Waals surface area contributed by atoms with Gasteiger partial charge >= 0.3 is 5.97 Å². The van der Waals surface area contributed by atoms with Crippen LogP contribution in [0.15, 0.2) is 42.5 Å². The van der Waals surface area contributed by atoms with Gasteiger partial charge in [-0.1, -0.05) is 19.1 Å². The summed E-state index contributed by atoms with van der Waals surface area (Å²) in [4.78, 5) is 23.4. The Morgan fingerprint density at radius 1 is 1.17 bits per heavy atom. The number of halogens is 1. The molecular formula is C18H19FN2O3. The zero-order chi connectivity index (χ0) is 17.5. The van der Waals surface area contributed by atoms with E-state index >= 15 is 0 Å². The lowest BCUT2D eigenvalue weighted by molar-refractivity contribution is -0.114. The van der Waals surface area contributed by atoms with Gasteiger partial charge in [0, 0.05) is 5.69 Å². The predicted molar refractivity (Wildman–Crippen MR) is 90.7 cm³/mol. The van der Waals surface area contributed by atoms with Gasteiger partial charge in [0.05, 0.1) is 24.9 Å². The second-order valence-corrected chi connectivity index (χ2v) is 5.14. The van der Waals surface area contributed by atoms with Crippen LogP contribution in [0.2, 0.25) is 0 Å². The molecule has 0 aliphatic heterocycles. The molecule has 126 valence electrons. The van der Waals surface area contributed by atoms with E-state index in [4.69, 9.17) is 0 Å². The summed E-state index contributed by atoms with van der Waals surface area (Å²) in [5, 5.41) is 5.43. The second kappa shape index (κ2) is 8.10. The van der Waals surface area contributed by atoms with Gasteiger partial charge in [0.1, 0.15) is 5.82 Å². The van der Waals surface area contributed by atoms with Crippen molar-refractivity contribution in [3.63, 3.8) is 0 Å². The maximum atomic E-state index is 13.8. The molecule has 2 aromatic carbocycles. The summed E-state index contributed by atoms with van der Waals surface area (Å²) in [5.41, 5.74) is 2.07. The number of methoxy groups -OCH3 is 1. The maximum absolute atomic E-state index is 13.8. The first-order valence-electron chi connectivity index (χ1n) is 7.54. The van der Waals surface area contributed by atoms with Gasteiger partial charge in [-0.05, 0) is 42.3 Å². The fourth-order valence-corrected chi connectivity index (χ4v) is 2.16. The van der Waals surface area contributed by atoms with E-state index in [0.29, 0.717) is 5.69 Å². The first kappa shape index (κ1) is 17.5. The highest BCUT2D eigenvalue weighted by Crippen LogP contribution is 2.17. The molecule has 0 saturated heterocycles. The van der Waals surface area contributed by atoms with Gasteiger partial charge in [-0.2, -0.15) is 0 Å². The van der Waals surface area contributed by atoms with Crippen LogP contribution in [0.5, 0.6) is 0 Å². The van der Waals surface area contributed by atoms with Gasteiger partial charge in [0.2, 0.25) is 5.91 Å². The molecule has 2 rings (SSSR count). The molecule has 5 nitrogen and oxygen atoms in total. The molecule has 0 radical (unpaired) electrons. The fourth-order valence-electron chi connectivity index (χ4n) is 2.16. The van der Waals surface area contributed by atoms with Gasteiger partial charge in [0.15, 0.2) is 0 Å². The Bertz CT molecular complexity index is 747. The summed E-state index contributed by atoms with van der Waals surface area (Å²) in [6.07, 6.45) is 0.869. The van der Waals surface area contributed by atoms with Crippen LogP contribution in [0.4, 0.5) is 15.8 Å². The molecule has 0 aliphatic rings. The van der Waals surface area contributed by atoms with E-state index in [9.17, 15) is 14.0 Å². The Morgan fingerprint density at radius 3 is 2.67 bits per heavy atom. The highest BCUT2D eigenvalue weighted by molar-refractivity contribution is 5.94. The van der Waals surface area contributed by atoms with E-state index in [1.807, 2.05) is 25.1 Å². The van der Waals surface area contributed by atoms with E-state index in [1.165, 1.54) is 19.2 Å². The Morgan fingerprint density at radius 2 is 1.96 bits per heavy atom. The molecule has 0 heterocycles. The zero-order valence-electron chi connectivity index (χ0n) is 13.6. The normalized spacial score (nSPS) is 10.1. The summed E-state index contributed by atoms with van der Waals surface area (Å²) in [5.74, 6) is -1.44. The third kappa shape index (κ3) is 4.55. The third-order valence-electron chi connectivity index (χ3n) is 3.45. The standard InChI is InChI=1S/C18H19FN2O3/c1-3-12-5-4-6-14(9-12)21-17(22)11-20-16-10-13(18(23)24-2)7-8-15(16)19/h4-10,20H,3,11H2,1-2H3,(H,21,22). The number of amides is 1. The summed E-state index contributed by atoms with van der Waals surface area (Å²) in [6, 6.07) is 11.3. The van der Waals surface area contributed by atoms with Gasteiger partial charge < -0.3 is 15.4 Å². The van der Waals surface area contributed by atoms with Crippen LogP contribution in [0.1, 0.15) is 22.8 Å². The van der Waals surface area contributed by atoms with Crippen LogP contribution in [0, 0.1) is 5.82 Å². The van der Waals surface area contributed by atoms with E-state index in [1.54, 1.807) is 6.07 Å². The quantitative estimate of drug-likeness (QED) is 0.798. The average Bonchev–Trinajstić information content (AvgIpc) is 2.60. The van der Waals surface area contributed by atoms with Gasteiger partial charge in [-0.3, -0.25) is 4.79 Å². The van der Waals surface area contributed by atoms with E-state index in [-0.39, 0.29) is 23.7 Å². The molecule has 2 aromatic rings. The monoisotopic (exact) mass is 330 g/mol. The highest BCUT2D eigenvalue weighted by Gasteiger charge is 2.11. The van der Waals surface area contributed by atoms with Crippen molar-refractivity contribution in [2.45, 2.75) is 13.3 Å². The second-order valence-electron chi connectivity index (χ2n) is 5.14. The van der Waals surface area contributed by atoms with E-state index in [0.717, 1.165) is 18.1 Å². The van der Waals surface area contributed by atoms with Crippen LogP contribution in [-0.4, -0.2) is 25.5 Å². The molecule has 0 atom stereocenters. The lowest BCUT2D eigenvalue weighted by Crippen LogP contribution is -2.22. The summed E-state index contributed by atoms with van der Waals surface area (Å²) in [7, 11) is 1.25. The number of esters is 1. The minimum absolute atomic E-state index is 0.0651. The molecular weight excluding hydrogens is 311 g/mol. The number of carbonyl (C=O) groups is 2. The number of carbonyl (C=O) groups excluding carboxylic acids is 2. The minimum Gasteiger partial charge on any atom is -0.465 e. The molecule has 0 fully saturated rings. The molecule has 0 aliphatic carbocycles. The lowest BCUT2D eigenvalue weighted by Gasteiger charge is -2.10. The SMILES string of the molecule is CCc1cccc(NC(=O)CNc2cc(C(=O)OC)ccc2F)c1. The number of hydrogen-bond acceptors (Lipinski definition) is 4. The summed E-state index contributed by atoms with van der Waals surface area (Å²) < 4.78 is 18.4. The first-order chi connectivity index (χ1) is 11.5. The Kier molecular flexibility index (Phi) is 5.89. The molecule has 6 heteroatoms. The number of rotatable bonds is 6. The van der Waals surface area contributed by atoms with Crippen LogP contribution in [-0.2, 0) is 16.0 Å². The summed E-state index contributed by atoms with van der Waals surface area (Å²) >= 11 is 0. The predicted octanol–water partition coefficient (Wildman–Crippen LogP) is 3.23. The number of benzene rings is 2. The molecule has 24 heavy (non-hydrogen) atoms. The van der Waals surface area contributed by atoms with Crippen molar-refractivity contribution < 1.29 is 18.7 Å². The molecule has 0 spiro atoms.